The summed E-state index contributed by atoms with van der Waals surface area (Å²) in [6.45, 7) is 4.98. The molecule has 0 saturated heterocycles. The number of likely N-dealkylation sites (N-methyl/N-ethyl adjacent to an activating group) is 1. The molecule has 4 heteroatoms. The van der Waals surface area contributed by atoms with Crippen LogP contribution in [0.25, 0.3) is 0 Å². The quantitative estimate of drug-likeness (QED) is 0.652. The largest absolute Gasteiger partial charge is 0.310 e. The Morgan fingerprint density at radius 3 is 2.76 bits per heavy atom. The van der Waals surface area contributed by atoms with Gasteiger partial charge in [-0.3, -0.25) is 0 Å². The molecular formula is C17H18ClFIN. The molecule has 1 unspecified atom stereocenters. The van der Waals surface area contributed by atoms with Gasteiger partial charge in [-0.15, -0.1) is 0 Å². The number of nitrogens with one attached hydrogen (secondary N) is 1. The molecule has 0 fully saturated rings. The van der Waals surface area contributed by atoms with E-state index in [1.165, 1.54) is 20.8 Å². The molecule has 0 aliphatic heterocycles. The number of rotatable bonds is 5. The maximum absolute atomic E-state index is 14.0. The molecule has 0 aliphatic carbocycles. The Balaban J connectivity index is 2.35. The molecule has 0 heterocycles. The van der Waals surface area contributed by atoms with E-state index in [-0.39, 0.29) is 11.9 Å². The van der Waals surface area contributed by atoms with E-state index in [4.69, 9.17) is 11.6 Å². The van der Waals surface area contributed by atoms with Crippen LogP contribution in [0.15, 0.2) is 36.4 Å². The van der Waals surface area contributed by atoms with Crippen LogP contribution >= 0.6 is 34.2 Å². The van der Waals surface area contributed by atoms with Gasteiger partial charge in [0.05, 0.1) is 0 Å². The molecule has 1 nitrogen and oxygen atoms in total. The van der Waals surface area contributed by atoms with E-state index in [0.717, 1.165) is 6.54 Å². The van der Waals surface area contributed by atoms with Crippen molar-refractivity contribution in [2.75, 3.05) is 6.54 Å². The lowest BCUT2D eigenvalue weighted by atomic mass is 9.97. The van der Waals surface area contributed by atoms with Gasteiger partial charge < -0.3 is 5.32 Å². The lowest BCUT2D eigenvalue weighted by molar-refractivity contribution is 0.526. The van der Waals surface area contributed by atoms with Crippen LogP contribution in [0.1, 0.15) is 29.7 Å². The van der Waals surface area contributed by atoms with Crippen LogP contribution in [-0.2, 0) is 6.42 Å². The maximum atomic E-state index is 14.0. The minimum atomic E-state index is -0.204. The van der Waals surface area contributed by atoms with Crippen LogP contribution in [-0.4, -0.2) is 6.54 Å². The van der Waals surface area contributed by atoms with Crippen molar-refractivity contribution in [2.45, 2.75) is 26.3 Å². The van der Waals surface area contributed by atoms with Crippen molar-refractivity contribution in [3.8, 4) is 0 Å². The third-order valence-electron chi connectivity index (χ3n) is 3.48. The smallest absolute Gasteiger partial charge is 0.126 e. The van der Waals surface area contributed by atoms with Crippen molar-refractivity contribution in [1.29, 1.82) is 0 Å². The maximum Gasteiger partial charge on any atom is 0.126 e. The average molecular weight is 418 g/mol. The molecule has 0 saturated carbocycles. The first-order chi connectivity index (χ1) is 10.0. The summed E-state index contributed by atoms with van der Waals surface area (Å²) in [6.07, 6.45) is 0.583. The zero-order valence-corrected chi connectivity index (χ0v) is 15.0. The summed E-state index contributed by atoms with van der Waals surface area (Å²) in [5, 5.41) is 4.02. The van der Waals surface area contributed by atoms with Crippen LogP contribution < -0.4 is 5.32 Å². The lowest BCUT2D eigenvalue weighted by Crippen LogP contribution is -2.24. The van der Waals surface area contributed by atoms with E-state index < -0.39 is 0 Å². The summed E-state index contributed by atoms with van der Waals surface area (Å²) < 4.78 is 15.2. The Kier molecular flexibility index (Phi) is 6.02. The van der Waals surface area contributed by atoms with E-state index in [1.807, 2.05) is 6.07 Å². The second kappa shape index (κ2) is 7.56. The normalized spacial score (nSPS) is 12.4. The number of hydrogen-bond acceptors (Lipinski definition) is 1. The fourth-order valence-electron chi connectivity index (χ4n) is 2.40. The Hall–Kier alpha value is -0.650. The number of halogens is 3. The molecular weight excluding hydrogens is 400 g/mol. The molecule has 0 bridgehead atoms. The van der Waals surface area contributed by atoms with Crippen molar-refractivity contribution < 1.29 is 4.39 Å². The second-order valence-corrected chi connectivity index (χ2v) is 6.54. The van der Waals surface area contributed by atoms with Crippen molar-refractivity contribution in [1.82, 2.24) is 5.32 Å². The lowest BCUT2D eigenvalue weighted by Gasteiger charge is -2.21. The number of benzene rings is 2. The Morgan fingerprint density at radius 1 is 1.29 bits per heavy atom. The Morgan fingerprint density at radius 2 is 2.05 bits per heavy atom. The first kappa shape index (κ1) is 16.7. The highest BCUT2D eigenvalue weighted by Gasteiger charge is 2.17. The van der Waals surface area contributed by atoms with E-state index in [2.05, 4.69) is 53.9 Å². The zero-order valence-electron chi connectivity index (χ0n) is 12.1. The molecule has 0 aromatic heterocycles. The second-order valence-electron chi connectivity index (χ2n) is 5.03. The summed E-state index contributed by atoms with van der Waals surface area (Å²) in [5.74, 6) is -0.204. The van der Waals surface area contributed by atoms with Gasteiger partial charge in [-0.1, -0.05) is 36.7 Å². The highest BCUT2D eigenvalue weighted by atomic mass is 127. The van der Waals surface area contributed by atoms with Gasteiger partial charge in [0.1, 0.15) is 5.82 Å². The highest BCUT2D eigenvalue weighted by molar-refractivity contribution is 14.1. The van der Waals surface area contributed by atoms with Crippen molar-refractivity contribution >= 4 is 34.2 Å². The molecule has 2 aromatic rings. The van der Waals surface area contributed by atoms with E-state index in [0.29, 0.717) is 17.0 Å². The number of aryl methyl sites for hydroxylation is 1. The molecule has 0 amide bonds. The summed E-state index contributed by atoms with van der Waals surface area (Å²) in [5.41, 5.74) is 3.09. The molecule has 112 valence electrons. The fraction of sp³-hybridized carbons (Fsp3) is 0.294. The van der Waals surface area contributed by atoms with Gasteiger partial charge >= 0.3 is 0 Å². The van der Waals surface area contributed by atoms with E-state index in [1.54, 1.807) is 12.1 Å². The fourth-order valence-corrected chi connectivity index (χ4v) is 3.33. The monoisotopic (exact) mass is 417 g/mol. The summed E-state index contributed by atoms with van der Waals surface area (Å²) in [7, 11) is 0. The predicted octanol–water partition coefficient (Wildman–Crippen LogP) is 5.29. The Labute approximate surface area is 144 Å². The molecule has 0 aliphatic rings. The van der Waals surface area contributed by atoms with Gasteiger partial charge in [0, 0.05) is 14.6 Å². The van der Waals surface area contributed by atoms with Crippen LogP contribution in [0, 0.1) is 16.3 Å². The van der Waals surface area contributed by atoms with Gasteiger partial charge in [0.15, 0.2) is 0 Å². The molecule has 0 spiro atoms. The number of hydrogen-bond donors (Lipinski definition) is 1. The predicted molar refractivity (Wildman–Crippen MR) is 95.4 cm³/mol. The topological polar surface area (TPSA) is 12.0 Å². The van der Waals surface area contributed by atoms with Crippen molar-refractivity contribution in [3.63, 3.8) is 0 Å². The van der Waals surface area contributed by atoms with Gasteiger partial charge in [-0.25, -0.2) is 4.39 Å². The summed E-state index contributed by atoms with van der Waals surface area (Å²) >= 11 is 8.35. The van der Waals surface area contributed by atoms with E-state index in [9.17, 15) is 4.39 Å². The summed E-state index contributed by atoms with van der Waals surface area (Å²) in [6, 6.07) is 11.0. The van der Waals surface area contributed by atoms with Crippen LogP contribution in [0.2, 0.25) is 5.02 Å². The first-order valence-electron chi connectivity index (χ1n) is 6.95. The standard InChI is InChI=1S/C17H18ClFIN/c1-3-21-16(14-6-4-5-11(2)17(14)20)10-12-9-13(18)7-8-15(12)19/h4-9,16,21H,3,10H2,1-2H3. The molecule has 2 rings (SSSR count). The van der Waals surface area contributed by atoms with Crippen LogP contribution in [0.4, 0.5) is 4.39 Å². The average Bonchev–Trinajstić information content (AvgIpc) is 2.45. The van der Waals surface area contributed by atoms with Crippen molar-refractivity contribution in [2.24, 2.45) is 0 Å². The first-order valence-corrected chi connectivity index (χ1v) is 8.41. The van der Waals surface area contributed by atoms with Gasteiger partial charge in [0.25, 0.3) is 0 Å². The molecule has 1 N–H and O–H groups in total. The Bertz CT molecular complexity index is 630. The van der Waals surface area contributed by atoms with Crippen molar-refractivity contribution in [3.05, 3.63) is 67.5 Å². The van der Waals surface area contributed by atoms with Gasteiger partial charge in [0.2, 0.25) is 0 Å². The third kappa shape index (κ3) is 4.18. The van der Waals surface area contributed by atoms with Gasteiger partial charge in [-0.05, 0) is 77.4 Å². The highest BCUT2D eigenvalue weighted by Crippen LogP contribution is 2.27. The minimum absolute atomic E-state index is 0.0785. The summed E-state index contributed by atoms with van der Waals surface area (Å²) in [4.78, 5) is 0. The van der Waals surface area contributed by atoms with E-state index >= 15 is 0 Å². The van der Waals surface area contributed by atoms with Crippen LogP contribution in [0.3, 0.4) is 0 Å². The molecule has 1 atom stereocenters. The van der Waals surface area contributed by atoms with Gasteiger partial charge in [-0.2, -0.15) is 0 Å². The zero-order chi connectivity index (χ0) is 15.4. The molecule has 2 aromatic carbocycles. The third-order valence-corrected chi connectivity index (χ3v) is 5.19. The molecule has 21 heavy (non-hydrogen) atoms. The van der Waals surface area contributed by atoms with Crippen LogP contribution in [0.5, 0.6) is 0 Å². The molecule has 0 radical (unpaired) electrons. The minimum Gasteiger partial charge on any atom is -0.310 e. The SMILES string of the molecule is CCNC(Cc1cc(Cl)ccc1F)c1cccc(C)c1I.